The lowest BCUT2D eigenvalue weighted by Gasteiger charge is -2.36. The number of rotatable bonds is 3. The van der Waals surface area contributed by atoms with Crippen LogP contribution in [0, 0.1) is 0 Å². The van der Waals surface area contributed by atoms with Crippen LogP contribution >= 0.6 is 0 Å². The second-order valence-electron chi connectivity index (χ2n) is 14.1. The van der Waals surface area contributed by atoms with E-state index in [4.69, 9.17) is 19.1 Å². The van der Waals surface area contributed by atoms with Gasteiger partial charge in [-0.15, -0.1) is 0 Å². The van der Waals surface area contributed by atoms with Crippen molar-refractivity contribution in [2.75, 3.05) is 4.90 Å². The number of hydrogen-bond donors (Lipinski definition) is 0. The third-order valence-electron chi connectivity index (χ3n) is 11.2. The lowest BCUT2D eigenvalue weighted by molar-refractivity contribution is 0.346. The van der Waals surface area contributed by atoms with Crippen molar-refractivity contribution in [3.05, 3.63) is 204 Å². The van der Waals surface area contributed by atoms with E-state index < -0.39 is 5.41 Å². The van der Waals surface area contributed by atoms with Crippen LogP contribution in [0.25, 0.3) is 61.3 Å². The van der Waals surface area contributed by atoms with Gasteiger partial charge in [-0.05, 0) is 64.7 Å². The lowest BCUT2D eigenvalue weighted by atomic mass is 9.76. The van der Waals surface area contributed by atoms with E-state index in [2.05, 4.69) is 150 Å². The highest BCUT2D eigenvalue weighted by Gasteiger charge is 2.60. The molecule has 7 aromatic carbocycles. The van der Waals surface area contributed by atoms with Crippen molar-refractivity contribution in [1.29, 1.82) is 0 Å². The predicted octanol–water partition coefficient (Wildman–Crippen LogP) is 11.9. The summed E-state index contributed by atoms with van der Waals surface area (Å²) in [6, 6.07) is 61.2. The standard InChI is InChI=1S/C49H29N3O2/c1-3-15-30(16-4-1)44-34-20-8-11-23-39(34)50-48(51-44)31-27-28-38-36(29-31)33-19-7-10-22-37(33)49(38)46-43(35-21-9-13-25-41(35)53-46)45-47(49)54-42-26-14-12-24-40(42)52(45)32-17-5-2-6-18-32/h1-29H. The molecule has 1 unspecified atom stereocenters. The van der Waals surface area contributed by atoms with Gasteiger partial charge in [-0.2, -0.15) is 0 Å². The van der Waals surface area contributed by atoms with Crippen LogP contribution in [0.2, 0.25) is 0 Å². The van der Waals surface area contributed by atoms with Crippen LogP contribution < -0.4 is 9.64 Å². The molecule has 0 amide bonds. The van der Waals surface area contributed by atoms with Gasteiger partial charge in [-0.3, -0.25) is 0 Å². The van der Waals surface area contributed by atoms with Crippen LogP contribution in [0.3, 0.4) is 0 Å². The minimum absolute atomic E-state index is 0.683. The Hall–Kier alpha value is -7.24. The summed E-state index contributed by atoms with van der Waals surface area (Å²) in [6.45, 7) is 0. The number of para-hydroxylation sites is 5. The Balaban J connectivity index is 1.15. The van der Waals surface area contributed by atoms with Gasteiger partial charge < -0.3 is 14.1 Å². The molecule has 1 spiro atoms. The fraction of sp³-hybridized carbons (Fsp3) is 0.0204. The van der Waals surface area contributed by atoms with Gasteiger partial charge >= 0.3 is 0 Å². The molecule has 5 heteroatoms. The molecule has 0 saturated heterocycles. The summed E-state index contributed by atoms with van der Waals surface area (Å²) in [5.41, 5.74) is 12.4. The minimum Gasteiger partial charge on any atom is -0.459 e. The zero-order valence-corrected chi connectivity index (χ0v) is 28.9. The van der Waals surface area contributed by atoms with Gasteiger partial charge in [0.2, 0.25) is 0 Å². The van der Waals surface area contributed by atoms with Crippen molar-refractivity contribution in [3.63, 3.8) is 0 Å². The van der Waals surface area contributed by atoms with Gasteiger partial charge in [0.15, 0.2) is 17.3 Å². The Morgan fingerprint density at radius 3 is 2.13 bits per heavy atom. The smallest absolute Gasteiger partial charge is 0.160 e. The van der Waals surface area contributed by atoms with E-state index in [1.165, 1.54) is 0 Å². The van der Waals surface area contributed by atoms with Crippen LogP contribution in [0.5, 0.6) is 5.75 Å². The number of benzene rings is 7. The van der Waals surface area contributed by atoms with Gasteiger partial charge in [0.1, 0.15) is 16.8 Å². The highest BCUT2D eigenvalue weighted by atomic mass is 16.5. The monoisotopic (exact) mass is 691 g/mol. The van der Waals surface area contributed by atoms with E-state index in [1.54, 1.807) is 0 Å². The maximum absolute atomic E-state index is 7.23. The summed E-state index contributed by atoms with van der Waals surface area (Å²) < 4.78 is 14.3. The molecule has 0 bridgehead atoms. The number of aromatic nitrogens is 2. The van der Waals surface area contributed by atoms with Crippen molar-refractivity contribution in [1.82, 2.24) is 9.97 Å². The maximum Gasteiger partial charge on any atom is 0.160 e. The topological polar surface area (TPSA) is 51.4 Å². The molecule has 1 atom stereocenters. The molecule has 0 N–H and O–H groups in total. The number of anilines is 2. The van der Waals surface area contributed by atoms with Crippen LogP contribution in [-0.4, -0.2) is 9.97 Å². The van der Waals surface area contributed by atoms with E-state index in [0.29, 0.717) is 5.82 Å². The van der Waals surface area contributed by atoms with Crippen molar-refractivity contribution in [3.8, 4) is 39.5 Å². The van der Waals surface area contributed by atoms with Crippen molar-refractivity contribution in [2.24, 2.45) is 0 Å². The normalized spacial score (nSPS) is 16.3. The van der Waals surface area contributed by atoms with E-state index >= 15 is 0 Å². The highest BCUT2D eigenvalue weighted by Crippen LogP contribution is 2.66. The number of nitrogens with zero attached hydrogens (tertiary/aromatic N) is 3. The molecule has 12 rings (SSSR count). The molecule has 5 nitrogen and oxygen atoms in total. The van der Waals surface area contributed by atoms with Crippen molar-refractivity contribution >= 4 is 38.9 Å². The Bertz CT molecular complexity index is 3040. The van der Waals surface area contributed by atoms with Crippen LogP contribution in [0.4, 0.5) is 11.4 Å². The Morgan fingerprint density at radius 2 is 1.24 bits per heavy atom. The van der Waals surface area contributed by atoms with Gasteiger partial charge in [0, 0.05) is 27.6 Å². The molecule has 0 radical (unpaired) electrons. The fourth-order valence-electron chi connectivity index (χ4n) is 9.02. The van der Waals surface area contributed by atoms with Crippen molar-refractivity contribution < 1.29 is 9.15 Å². The first kappa shape index (κ1) is 29.3. The quantitative estimate of drug-likeness (QED) is 0.185. The summed E-state index contributed by atoms with van der Waals surface area (Å²) in [5, 5.41) is 2.08. The summed E-state index contributed by atoms with van der Waals surface area (Å²) in [4.78, 5) is 12.7. The van der Waals surface area contributed by atoms with E-state index in [1.807, 2.05) is 30.3 Å². The summed E-state index contributed by atoms with van der Waals surface area (Å²) >= 11 is 0. The van der Waals surface area contributed by atoms with E-state index in [-0.39, 0.29) is 0 Å². The molecule has 2 aromatic heterocycles. The first-order chi connectivity index (χ1) is 26.8. The Kier molecular flexibility index (Phi) is 5.92. The number of allylic oxidation sites excluding steroid dienone is 1. The van der Waals surface area contributed by atoms with Gasteiger partial charge in [-0.1, -0.05) is 133 Å². The van der Waals surface area contributed by atoms with Crippen LogP contribution in [0.15, 0.2) is 186 Å². The largest absolute Gasteiger partial charge is 0.459 e. The molecule has 0 saturated carbocycles. The molecular weight excluding hydrogens is 663 g/mol. The third-order valence-corrected chi connectivity index (χ3v) is 11.2. The lowest BCUT2D eigenvalue weighted by Crippen LogP contribution is -2.32. The number of hydrogen-bond acceptors (Lipinski definition) is 5. The van der Waals surface area contributed by atoms with Crippen molar-refractivity contribution in [2.45, 2.75) is 5.41 Å². The number of fused-ring (bicyclic) bond motifs is 13. The molecule has 9 aromatic rings. The summed E-state index contributed by atoms with van der Waals surface area (Å²) in [6.07, 6.45) is 0. The predicted molar refractivity (Wildman–Crippen MR) is 215 cm³/mol. The average molecular weight is 692 g/mol. The molecule has 252 valence electrons. The minimum atomic E-state index is -0.853. The van der Waals surface area contributed by atoms with E-state index in [9.17, 15) is 0 Å². The Morgan fingerprint density at radius 1 is 0.537 bits per heavy atom. The second kappa shape index (κ2) is 10.9. The molecule has 0 fully saturated rings. The SMILES string of the molecule is c1ccc(-c2nc(-c3ccc4c(c3)-c3ccccc3C43C4=C(c5c3oc3ccccc53)N(c3ccccc3)c3ccccc3O4)nc3ccccc23)cc1. The average Bonchev–Trinajstić information content (AvgIpc) is 3.86. The van der Waals surface area contributed by atoms with Gasteiger partial charge in [0.25, 0.3) is 0 Å². The first-order valence-electron chi connectivity index (χ1n) is 18.3. The number of furan rings is 1. The molecule has 1 aliphatic heterocycles. The van der Waals surface area contributed by atoms with Gasteiger partial charge in [-0.25, -0.2) is 9.97 Å². The van der Waals surface area contributed by atoms with E-state index in [0.717, 1.165) is 101 Å². The zero-order chi connectivity index (χ0) is 35.4. The molecule has 54 heavy (non-hydrogen) atoms. The van der Waals surface area contributed by atoms with Crippen LogP contribution in [-0.2, 0) is 5.41 Å². The maximum atomic E-state index is 7.23. The Labute approximate surface area is 311 Å². The fourth-order valence-corrected chi connectivity index (χ4v) is 9.02. The second-order valence-corrected chi connectivity index (χ2v) is 14.1. The molecular formula is C49H29N3O2. The molecule has 3 aliphatic rings. The van der Waals surface area contributed by atoms with Gasteiger partial charge in [0.05, 0.1) is 28.2 Å². The molecule has 2 aliphatic carbocycles. The highest BCUT2D eigenvalue weighted by molar-refractivity contribution is 6.08. The first-order valence-corrected chi connectivity index (χ1v) is 18.3. The zero-order valence-electron chi connectivity index (χ0n) is 28.9. The third kappa shape index (κ3) is 3.82. The summed E-state index contributed by atoms with van der Waals surface area (Å²) in [5.74, 6) is 3.20. The van der Waals surface area contributed by atoms with Crippen LogP contribution in [0.1, 0.15) is 22.5 Å². The molecule has 3 heterocycles. The summed E-state index contributed by atoms with van der Waals surface area (Å²) in [7, 11) is 0. The number of ether oxygens (including phenoxy) is 1.